The Hall–Kier alpha value is -0.980. The number of rotatable bonds is 6. The van der Waals surface area contributed by atoms with Gasteiger partial charge in [-0.25, -0.2) is 17.5 Å². The molecule has 0 bridgehead atoms. The Morgan fingerprint density at radius 1 is 1.37 bits per heavy atom. The van der Waals surface area contributed by atoms with Gasteiger partial charge in [-0.2, -0.15) is 0 Å². The lowest BCUT2D eigenvalue weighted by molar-refractivity contribution is 0.434. The maximum atomic E-state index is 13.3. The fraction of sp³-hybridized carbons (Fsp3) is 0.538. The Balaban J connectivity index is 3.01. The van der Waals surface area contributed by atoms with Crippen LogP contribution in [0.4, 0.5) is 4.39 Å². The number of nitrogens with two attached hydrogens (primary N) is 1. The Labute approximate surface area is 114 Å². The minimum Gasteiger partial charge on any atom is -0.326 e. The summed E-state index contributed by atoms with van der Waals surface area (Å²) in [6.07, 6.45) is 0.876. The van der Waals surface area contributed by atoms with Gasteiger partial charge in [0.05, 0.1) is 4.90 Å². The van der Waals surface area contributed by atoms with Crippen LogP contribution in [0.3, 0.4) is 0 Å². The summed E-state index contributed by atoms with van der Waals surface area (Å²) in [6, 6.07) is 3.48. The fourth-order valence-electron chi connectivity index (χ4n) is 1.66. The van der Waals surface area contributed by atoms with Gasteiger partial charge in [0.2, 0.25) is 10.0 Å². The monoisotopic (exact) mass is 288 g/mol. The molecule has 2 atom stereocenters. The lowest BCUT2D eigenvalue weighted by Crippen LogP contribution is -2.36. The van der Waals surface area contributed by atoms with Crippen molar-refractivity contribution < 1.29 is 12.8 Å². The van der Waals surface area contributed by atoms with Crippen molar-refractivity contribution >= 4 is 10.0 Å². The van der Waals surface area contributed by atoms with Crippen LogP contribution in [0.15, 0.2) is 23.1 Å². The van der Waals surface area contributed by atoms with Crippen molar-refractivity contribution in [1.29, 1.82) is 0 Å². The van der Waals surface area contributed by atoms with E-state index in [4.69, 9.17) is 5.73 Å². The highest BCUT2D eigenvalue weighted by molar-refractivity contribution is 7.89. The van der Waals surface area contributed by atoms with Gasteiger partial charge in [0.15, 0.2) is 0 Å². The zero-order valence-corrected chi connectivity index (χ0v) is 12.3. The van der Waals surface area contributed by atoms with Gasteiger partial charge in [-0.3, -0.25) is 0 Å². The summed E-state index contributed by atoms with van der Waals surface area (Å²) >= 11 is 0. The molecule has 0 saturated carbocycles. The minimum absolute atomic E-state index is 0.0316. The largest absolute Gasteiger partial charge is 0.326 e. The fourth-order valence-corrected chi connectivity index (χ4v) is 3.06. The summed E-state index contributed by atoms with van der Waals surface area (Å²) in [6.45, 7) is 5.76. The van der Waals surface area contributed by atoms with Crippen LogP contribution in [0.1, 0.15) is 32.8 Å². The lowest BCUT2D eigenvalue weighted by Gasteiger charge is -2.20. The van der Waals surface area contributed by atoms with Crippen molar-refractivity contribution in [1.82, 2.24) is 4.72 Å². The molecule has 0 radical (unpaired) electrons. The van der Waals surface area contributed by atoms with Gasteiger partial charge in [-0.15, -0.1) is 0 Å². The third-order valence-corrected chi connectivity index (χ3v) is 4.94. The first-order valence-corrected chi connectivity index (χ1v) is 7.81. The molecule has 1 rings (SSSR count). The van der Waals surface area contributed by atoms with Crippen LogP contribution >= 0.6 is 0 Å². The highest BCUT2D eigenvalue weighted by atomic mass is 32.2. The van der Waals surface area contributed by atoms with E-state index in [9.17, 15) is 12.8 Å². The van der Waals surface area contributed by atoms with Gasteiger partial charge in [0, 0.05) is 18.2 Å². The molecule has 6 heteroatoms. The Bertz CT molecular complexity index is 531. The molecule has 0 heterocycles. The molecule has 2 unspecified atom stereocenters. The van der Waals surface area contributed by atoms with Gasteiger partial charge in [0.25, 0.3) is 0 Å². The van der Waals surface area contributed by atoms with Crippen molar-refractivity contribution in [3.63, 3.8) is 0 Å². The van der Waals surface area contributed by atoms with Gasteiger partial charge >= 0.3 is 0 Å². The molecule has 0 aliphatic rings. The number of sulfonamides is 1. The molecule has 0 fully saturated rings. The predicted molar refractivity (Wildman–Crippen MR) is 73.5 cm³/mol. The van der Waals surface area contributed by atoms with Crippen LogP contribution in [-0.4, -0.2) is 14.5 Å². The average Bonchev–Trinajstić information content (AvgIpc) is 2.37. The maximum absolute atomic E-state index is 13.3. The summed E-state index contributed by atoms with van der Waals surface area (Å²) in [5.41, 5.74) is 5.57. The second-order valence-electron chi connectivity index (χ2n) is 4.75. The van der Waals surface area contributed by atoms with Crippen molar-refractivity contribution in [2.24, 2.45) is 11.7 Å². The van der Waals surface area contributed by atoms with Gasteiger partial charge in [0.1, 0.15) is 5.82 Å². The molecule has 0 amide bonds. The minimum atomic E-state index is -3.64. The van der Waals surface area contributed by atoms with Crippen LogP contribution in [0.25, 0.3) is 0 Å². The van der Waals surface area contributed by atoms with Crippen LogP contribution < -0.4 is 10.5 Å². The molecule has 1 aromatic rings. The van der Waals surface area contributed by atoms with E-state index < -0.39 is 15.8 Å². The quantitative estimate of drug-likeness (QED) is 0.841. The Kier molecular flexibility index (Phi) is 5.46. The van der Waals surface area contributed by atoms with E-state index in [0.29, 0.717) is 0 Å². The van der Waals surface area contributed by atoms with E-state index in [1.807, 2.05) is 20.8 Å². The van der Waals surface area contributed by atoms with Crippen molar-refractivity contribution in [3.05, 3.63) is 29.6 Å². The average molecular weight is 288 g/mol. The zero-order valence-electron chi connectivity index (χ0n) is 11.5. The number of halogens is 1. The molecule has 0 aromatic heterocycles. The molecule has 0 aliphatic carbocycles. The highest BCUT2D eigenvalue weighted by Crippen LogP contribution is 2.17. The van der Waals surface area contributed by atoms with Gasteiger partial charge in [-0.05, 0) is 31.0 Å². The molecule has 1 aromatic carbocycles. The standard InChI is InChI=1S/C13H21FN2O2S/c1-4-9(2)10(3)16-19(17,18)12-5-6-13(14)11(7-12)8-15/h5-7,9-10,16H,4,8,15H2,1-3H3. The molecular weight excluding hydrogens is 267 g/mol. The number of hydrogen-bond acceptors (Lipinski definition) is 3. The van der Waals surface area contributed by atoms with Crippen molar-refractivity contribution in [2.75, 3.05) is 0 Å². The SMILES string of the molecule is CCC(C)C(C)NS(=O)(=O)c1ccc(F)c(CN)c1. The van der Waals surface area contributed by atoms with Crippen molar-refractivity contribution in [3.8, 4) is 0 Å². The van der Waals surface area contributed by atoms with E-state index in [1.165, 1.54) is 12.1 Å². The highest BCUT2D eigenvalue weighted by Gasteiger charge is 2.21. The third kappa shape index (κ3) is 3.99. The summed E-state index contributed by atoms with van der Waals surface area (Å²) in [7, 11) is -3.64. The van der Waals surface area contributed by atoms with Gasteiger partial charge < -0.3 is 5.73 Å². The maximum Gasteiger partial charge on any atom is 0.240 e. The Morgan fingerprint density at radius 3 is 2.53 bits per heavy atom. The summed E-state index contributed by atoms with van der Waals surface area (Å²) in [5.74, 6) is -0.263. The second-order valence-corrected chi connectivity index (χ2v) is 6.47. The number of benzene rings is 1. The van der Waals surface area contributed by atoms with E-state index in [-0.39, 0.29) is 29.0 Å². The summed E-state index contributed by atoms with van der Waals surface area (Å²) in [4.78, 5) is 0.0458. The first kappa shape index (κ1) is 16.1. The van der Waals surface area contributed by atoms with E-state index in [2.05, 4.69) is 4.72 Å². The zero-order chi connectivity index (χ0) is 14.6. The molecule has 0 spiro atoms. The van der Waals surface area contributed by atoms with E-state index >= 15 is 0 Å². The molecule has 4 nitrogen and oxygen atoms in total. The molecule has 108 valence electrons. The van der Waals surface area contributed by atoms with Crippen molar-refractivity contribution in [2.45, 2.75) is 44.7 Å². The van der Waals surface area contributed by atoms with Crippen LogP contribution in [-0.2, 0) is 16.6 Å². The molecule has 19 heavy (non-hydrogen) atoms. The number of nitrogens with one attached hydrogen (secondary N) is 1. The first-order chi connectivity index (χ1) is 8.81. The van der Waals surface area contributed by atoms with Crippen LogP contribution in [0.2, 0.25) is 0 Å². The van der Waals surface area contributed by atoms with Gasteiger partial charge in [-0.1, -0.05) is 20.3 Å². The lowest BCUT2D eigenvalue weighted by atomic mass is 10.0. The number of hydrogen-bond donors (Lipinski definition) is 2. The summed E-state index contributed by atoms with van der Waals surface area (Å²) < 4.78 is 40.2. The Morgan fingerprint density at radius 2 is 2.00 bits per heavy atom. The molecular formula is C13H21FN2O2S. The van der Waals surface area contributed by atoms with E-state index in [1.54, 1.807) is 0 Å². The third-order valence-electron chi connectivity index (χ3n) is 3.39. The second kappa shape index (κ2) is 6.45. The normalized spacial score (nSPS) is 15.2. The molecule has 0 saturated heterocycles. The molecule has 3 N–H and O–H groups in total. The molecule has 0 aliphatic heterocycles. The summed E-state index contributed by atoms with van der Waals surface area (Å²) in [5, 5.41) is 0. The predicted octanol–water partition coefficient (Wildman–Crippen LogP) is 2.00. The first-order valence-electron chi connectivity index (χ1n) is 6.32. The van der Waals surface area contributed by atoms with E-state index in [0.717, 1.165) is 12.5 Å². The topological polar surface area (TPSA) is 72.2 Å². The smallest absolute Gasteiger partial charge is 0.240 e. The van der Waals surface area contributed by atoms with Crippen LogP contribution in [0.5, 0.6) is 0 Å². The van der Waals surface area contributed by atoms with Crippen LogP contribution in [0, 0.1) is 11.7 Å².